The van der Waals surface area contributed by atoms with Crippen molar-refractivity contribution in [3.63, 3.8) is 0 Å². The fourth-order valence-electron chi connectivity index (χ4n) is 2.03. The Balaban J connectivity index is 2.09. The van der Waals surface area contributed by atoms with Gasteiger partial charge in [0.2, 0.25) is 11.8 Å². The summed E-state index contributed by atoms with van der Waals surface area (Å²) in [6, 6.07) is 9.31. The molecule has 17 heavy (non-hydrogen) atoms. The summed E-state index contributed by atoms with van der Waals surface area (Å²) in [7, 11) is 0. The maximum atomic E-state index is 12.0. The van der Waals surface area contributed by atoms with Crippen LogP contribution in [0.4, 0.5) is 0 Å². The lowest BCUT2D eigenvalue weighted by atomic mass is 10.0. The first kappa shape index (κ1) is 11.6. The predicted octanol–water partition coefficient (Wildman–Crippen LogP) is 0.576. The van der Waals surface area contributed by atoms with E-state index in [1.54, 1.807) is 4.90 Å². The summed E-state index contributed by atoms with van der Waals surface area (Å²) >= 11 is 0. The minimum atomic E-state index is -0.418. The van der Waals surface area contributed by atoms with Crippen LogP contribution < -0.4 is 5.32 Å². The number of piperazine rings is 1. The summed E-state index contributed by atoms with van der Waals surface area (Å²) in [5, 5.41) is 2.75. The van der Waals surface area contributed by atoms with Crippen LogP contribution >= 0.6 is 0 Å². The van der Waals surface area contributed by atoms with Gasteiger partial charge >= 0.3 is 0 Å². The third-order valence-corrected chi connectivity index (χ3v) is 2.94. The topological polar surface area (TPSA) is 49.4 Å². The first-order valence-corrected chi connectivity index (χ1v) is 5.82. The monoisotopic (exact) mass is 232 g/mol. The number of likely N-dealkylation sites (N-methyl/N-ethyl adjacent to an activating group) is 1. The van der Waals surface area contributed by atoms with Crippen molar-refractivity contribution < 1.29 is 9.59 Å². The lowest BCUT2D eigenvalue weighted by Crippen LogP contribution is -2.58. The van der Waals surface area contributed by atoms with Crippen molar-refractivity contribution in [1.29, 1.82) is 0 Å². The molecule has 0 aromatic heterocycles. The van der Waals surface area contributed by atoms with Crippen LogP contribution in [0.2, 0.25) is 0 Å². The zero-order chi connectivity index (χ0) is 12.3. The number of nitrogens with zero attached hydrogens (tertiary/aromatic N) is 1. The second kappa shape index (κ2) is 4.99. The van der Waals surface area contributed by atoms with Crippen LogP contribution in [0.5, 0.6) is 0 Å². The number of nitrogens with one attached hydrogen (secondary N) is 1. The summed E-state index contributed by atoms with van der Waals surface area (Å²) in [5.74, 6) is -0.0664. The van der Waals surface area contributed by atoms with Gasteiger partial charge in [0.25, 0.3) is 0 Å². The molecule has 1 heterocycles. The number of carbonyl (C=O) groups is 2. The van der Waals surface area contributed by atoms with Gasteiger partial charge in [0.15, 0.2) is 0 Å². The smallest absolute Gasteiger partial charge is 0.245 e. The highest BCUT2D eigenvalue weighted by Crippen LogP contribution is 2.09. The van der Waals surface area contributed by atoms with E-state index >= 15 is 0 Å². The summed E-state index contributed by atoms with van der Waals surface area (Å²) in [6.07, 6.45) is 0.557. The Hall–Kier alpha value is -1.84. The molecule has 0 saturated carbocycles. The van der Waals surface area contributed by atoms with Crippen molar-refractivity contribution in [3.8, 4) is 0 Å². The number of rotatable bonds is 3. The molecule has 2 rings (SSSR count). The molecule has 0 aliphatic carbocycles. The Morgan fingerprint density at radius 1 is 1.29 bits per heavy atom. The van der Waals surface area contributed by atoms with Crippen LogP contribution in [0.1, 0.15) is 12.5 Å². The molecule has 4 heteroatoms. The average Bonchev–Trinajstić information content (AvgIpc) is 2.34. The highest BCUT2D eigenvalue weighted by Gasteiger charge is 2.31. The maximum absolute atomic E-state index is 12.0. The van der Waals surface area contributed by atoms with E-state index in [2.05, 4.69) is 5.32 Å². The van der Waals surface area contributed by atoms with Gasteiger partial charge in [0.1, 0.15) is 6.04 Å². The van der Waals surface area contributed by atoms with Crippen LogP contribution in [0.15, 0.2) is 30.3 Å². The number of benzene rings is 1. The predicted molar refractivity (Wildman–Crippen MR) is 64.3 cm³/mol. The fourth-order valence-corrected chi connectivity index (χ4v) is 2.03. The van der Waals surface area contributed by atoms with Gasteiger partial charge in [0, 0.05) is 13.0 Å². The van der Waals surface area contributed by atoms with E-state index in [4.69, 9.17) is 0 Å². The molecule has 0 bridgehead atoms. The molecule has 1 aromatic rings. The summed E-state index contributed by atoms with van der Waals surface area (Å²) in [4.78, 5) is 25.1. The highest BCUT2D eigenvalue weighted by molar-refractivity contribution is 5.94. The van der Waals surface area contributed by atoms with Crippen molar-refractivity contribution in [2.75, 3.05) is 13.1 Å². The summed E-state index contributed by atoms with van der Waals surface area (Å²) in [6.45, 7) is 2.65. The van der Waals surface area contributed by atoms with Gasteiger partial charge in [-0.05, 0) is 12.5 Å². The Morgan fingerprint density at radius 2 is 2.00 bits per heavy atom. The third kappa shape index (κ3) is 2.64. The summed E-state index contributed by atoms with van der Waals surface area (Å²) < 4.78 is 0. The molecule has 0 spiro atoms. The van der Waals surface area contributed by atoms with Gasteiger partial charge in [-0.25, -0.2) is 0 Å². The molecule has 1 atom stereocenters. The van der Waals surface area contributed by atoms with Crippen molar-refractivity contribution in [2.24, 2.45) is 0 Å². The first-order valence-electron chi connectivity index (χ1n) is 5.82. The second-order valence-electron chi connectivity index (χ2n) is 4.16. The van der Waals surface area contributed by atoms with Gasteiger partial charge in [0.05, 0.1) is 6.54 Å². The standard InChI is InChI=1S/C13H16N2O2/c1-2-15-9-12(16)14-11(13(15)17)8-10-6-4-3-5-7-10/h3-7,11H,2,8-9H2,1H3,(H,14,16)/t11-/m1/s1. The van der Waals surface area contributed by atoms with Crippen molar-refractivity contribution in [1.82, 2.24) is 10.2 Å². The Kier molecular flexibility index (Phi) is 3.42. The normalized spacial score (nSPS) is 20.3. The van der Waals surface area contributed by atoms with E-state index in [0.29, 0.717) is 13.0 Å². The maximum Gasteiger partial charge on any atom is 0.245 e. The lowest BCUT2D eigenvalue weighted by Gasteiger charge is -2.31. The van der Waals surface area contributed by atoms with E-state index in [1.165, 1.54) is 0 Å². The number of amides is 2. The molecule has 1 fully saturated rings. The van der Waals surface area contributed by atoms with Gasteiger partial charge in [-0.3, -0.25) is 9.59 Å². The fraction of sp³-hybridized carbons (Fsp3) is 0.385. The SMILES string of the molecule is CCN1CC(=O)N[C@H](Cc2ccccc2)C1=O. The molecule has 90 valence electrons. The van der Waals surface area contributed by atoms with Crippen LogP contribution in [-0.4, -0.2) is 35.8 Å². The van der Waals surface area contributed by atoms with E-state index < -0.39 is 6.04 Å². The van der Waals surface area contributed by atoms with Crippen LogP contribution in [-0.2, 0) is 16.0 Å². The van der Waals surface area contributed by atoms with E-state index in [1.807, 2.05) is 37.3 Å². The van der Waals surface area contributed by atoms with Crippen molar-refractivity contribution >= 4 is 11.8 Å². The van der Waals surface area contributed by atoms with Crippen LogP contribution in [0, 0.1) is 0 Å². The van der Waals surface area contributed by atoms with Gasteiger partial charge < -0.3 is 10.2 Å². The molecular formula is C13H16N2O2. The largest absolute Gasteiger partial charge is 0.342 e. The van der Waals surface area contributed by atoms with E-state index in [9.17, 15) is 9.59 Å². The minimum Gasteiger partial charge on any atom is -0.342 e. The van der Waals surface area contributed by atoms with Gasteiger partial charge in [-0.1, -0.05) is 30.3 Å². The molecule has 1 aliphatic rings. The molecule has 4 nitrogen and oxygen atoms in total. The third-order valence-electron chi connectivity index (χ3n) is 2.94. The van der Waals surface area contributed by atoms with Crippen LogP contribution in [0.3, 0.4) is 0 Å². The molecule has 0 unspecified atom stereocenters. The molecule has 1 aromatic carbocycles. The molecule has 1 saturated heterocycles. The highest BCUT2D eigenvalue weighted by atomic mass is 16.2. The van der Waals surface area contributed by atoms with Gasteiger partial charge in [-0.15, -0.1) is 0 Å². The Morgan fingerprint density at radius 3 is 2.65 bits per heavy atom. The van der Waals surface area contributed by atoms with Crippen LogP contribution in [0.25, 0.3) is 0 Å². The first-order chi connectivity index (χ1) is 8.20. The van der Waals surface area contributed by atoms with Gasteiger partial charge in [-0.2, -0.15) is 0 Å². The minimum absolute atomic E-state index is 0.0101. The Bertz CT molecular complexity index is 417. The van der Waals surface area contributed by atoms with E-state index in [0.717, 1.165) is 5.56 Å². The zero-order valence-electron chi connectivity index (χ0n) is 9.85. The molecule has 0 radical (unpaired) electrons. The molecule has 1 N–H and O–H groups in total. The average molecular weight is 232 g/mol. The Labute approximate surface area is 101 Å². The quantitative estimate of drug-likeness (QED) is 0.828. The van der Waals surface area contributed by atoms with Crippen molar-refractivity contribution in [3.05, 3.63) is 35.9 Å². The number of hydrogen-bond acceptors (Lipinski definition) is 2. The van der Waals surface area contributed by atoms with E-state index in [-0.39, 0.29) is 18.4 Å². The molecular weight excluding hydrogens is 216 g/mol. The number of hydrogen-bond donors (Lipinski definition) is 1. The number of carbonyl (C=O) groups excluding carboxylic acids is 2. The van der Waals surface area contributed by atoms with Crippen molar-refractivity contribution in [2.45, 2.75) is 19.4 Å². The zero-order valence-corrected chi connectivity index (χ0v) is 9.85. The summed E-state index contributed by atoms with van der Waals surface area (Å²) in [5.41, 5.74) is 1.06. The molecule has 2 amide bonds. The second-order valence-corrected chi connectivity index (χ2v) is 4.16. The molecule has 1 aliphatic heterocycles. The lowest BCUT2D eigenvalue weighted by molar-refractivity contribution is -0.144.